The lowest BCUT2D eigenvalue weighted by Crippen LogP contribution is -2.34. The number of halogens is 1. The zero-order valence-corrected chi connectivity index (χ0v) is 13.1. The van der Waals surface area contributed by atoms with Crippen molar-refractivity contribution in [1.82, 2.24) is 10.2 Å². The summed E-state index contributed by atoms with van der Waals surface area (Å²) in [7, 11) is 0. The maximum absolute atomic E-state index is 13.5. The molecule has 0 unspecified atom stereocenters. The normalized spacial score (nSPS) is 14.3. The molecule has 1 aliphatic rings. The van der Waals surface area contributed by atoms with E-state index >= 15 is 0 Å². The molecule has 0 atom stereocenters. The second-order valence-corrected chi connectivity index (χ2v) is 5.91. The highest BCUT2D eigenvalue weighted by atomic mass is 19.1. The minimum absolute atomic E-state index is 0.0351. The van der Waals surface area contributed by atoms with E-state index in [1.165, 1.54) is 17.2 Å². The lowest BCUT2D eigenvalue weighted by molar-refractivity contribution is -0.121. The molecular formula is C19H21FN2O. The number of hydrogen-bond donors (Lipinski definition) is 1. The van der Waals surface area contributed by atoms with Crippen LogP contribution in [-0.4, -0.2) is 23.9 Å². The molecule has 0 aliphatic carbocycles. The number of nitrogens with zero attached hydrogens (tertiary/aromatic N) is 1. The van der Waals surface area contributed by atoms with Crippen LogP contribution in [0.2, 0.25) is 0 Å². The maximum atomic E-state index is 13.5. The van der Waals surface area contributed by atoms with Crippen molar-refractivity contribution in [3.05, 3.63) is 71.0 Å². The predicted molar refractivity (Wildman–Crippen MR) is 88.3 cm³/mol. The van der Waals surface area contributed by atoms with Crippen LogP contribution in [-0.2, 0) is 24.3 Å². The van der Waals surface area contributed by atoms with Gasteiger partial charge in [-0.05, 0) is 23.6 Å². The van der Waals surface area contributed by atoms with Crippen molar-refractivity contribution >= 4 is 5.91 Å². The van der Waals surface area contributed by atoms with E-state index in [9.17, 15) is 9.18 Å². The fraction of sp³-hybridized carbons (Fsp3) is 0.316. The first-order valence-corrected chi connectivity index (χ1v) is 8.01. The summed E-state index contributed by atoms with van der Waals surface area (Å²) in [4.78, 5) is 14.3. The first-order chi connectivity index (χ1) is 11.2. The van der Waals surface area contributed by atoms with Gasteiger partial charge in [0.2, 0.25) is 5.91 Å². The molecule has 3 rings (SSSR count). The number of fused-ring (bicyclic) bond motifs is 1. The van der Waals surface area contributed by atoms with Crippen LogP contribution in [0.3, 0.4) is 0 Å². The van der Waals surface area contributed by atoms with Gasteiger partial charge >= 0.3 is 0 Å². The fourth-order valence-corrected chi connectivity index (χ4v) is 2.93. The summed E-state index contributed by atoms with van der Waals surface area (Å²) in [5.74, 6) is -0.312. The highest BCUT2D eigenvalue weighted by molar-refractivity contribution is 5.76. The minimum atomic E-state index is -0.277. The van der Waals surface area contributed by atoms with Gasteiger partial charge in [-0.1, -0.05) is 42.5 Å². The molecule has 0 saturated carbocycles. The number of amides is 1. The molecule has 2 aromatic rings. The molecule has 0 bridgehead atoms. The average Bonchev–Trinajstić information content (AvgIpc) is 2.59. The molecule has 23 heavy (non-hydrogen) atoms. The van der Waals surface area contributed by atoms with Gasteiger partial charge in [0.25, 0.3) is 0 Å². The van der Waals surface area contributed by atoms with Crippen molar-refractivity contribution in [2.24, 2.45) is 0 Å². The van der Waals surface area contributed by atoms with Gasteiger partial charge in [0, 0.05) is 38.2 Å². The summed E-state index contributed by atoms with van der Waals surface area (Å²) >= 11 is 0. The molecule has 1 heterocycles. The molecule has 1 N–H and O–H groups in total. The fourth-order valence-electron chi connectivity index (χ4n) is 2.93. The Labute approximate surface area is 136 Å². The lowest BCUT2D eigenvalue weighted by atomic mass is 10.00. The van der Waals surface area contributed by atoms with E-state index in [2.05, 4.69) is 34.5 Å². The van der Waals surface area contributed by atoms with Crippen molar-refractivity contribution in [3.8, 4) is 0 Å². The zero-order valence-electron chi connectivity index (χ0n) is 13.1. The second-order valence-electron chi connectivity index (χ2n) is 5.91. The van der Waals surface area contributed by atoms with E-state index in [0.717, 1.165) is 26.1 Å². The summed E-state index contributed by atoms with van der Waals surface area (Å²) < 4.78 is 13.5. The molecule has 1 amide bonds. The Balaban J connectivity index is 1.44. The van der Waals surface area contributed by atoms with Crippen LogP contribution in [0.15, 0.2) is 48.5 Å². The number of benzene rings is 2. The first-order valence-electron chi connectivity index (χ1n) is 8.01. The van der Waals surface area contributed by atoms with Gasteiger partial charge in [-0.3, -0.25) is 9.69 Å². The van der Waals surface area contributed by atoms with Crippen LogP contribution >= 0.6 is 0 Å². The molecule has 0 saturated heterocycles. The lowest BCUT2D eigenvalue weighted by Gasteiger charge is -2.28. The van der Waals surface area contributed by atoms with E-state index in [1.54, 1.807) is 18.2 Å². The zero-order chi connectivity index (χ0) is 16.1. The van der Waals surface area contributed by atoms with Gasteiger partial charge < -0.3 is 5.32 Å². The van der Waals surface area contributed by atoms with Crippen molar-refractivity contribution in [3.63, 3.8) is 0 Å². The number of nitrogens with one attached hydrogen (secondary N) is 1. The van der Waals surface area contributed by atoms with E-state index in [-0.39, 0.29) is 18.3 Å². The van der Waals surface area contributed by atoms with E-state index in [1.807, 2.05) is 0 Å². The highest BCUT2D eigenvalue weighted by Crippen LogP contribution is 2.18. The highest BCUT2D eigenvalue weighted by Gasteiger charge is 2.16. The second kappa shape index (κ2) is 7.38. The summed E-state index contributed by atoms with van der Waals surface area (Å²) in [5, 5.41) is 2.79. The summed E-state index contributed by atoms with van der Waals surface area (Å²) in [6.07, 6.45) is 1.48. The van der Waals surface area contributed by atoms with Gasteiger partial charge in [-0.15, -0.1) is 0 Å². The number of carbonyl (C=O) groups is 1. The van der Waals surface area contributed by atoms with Crippen molar-refractivity contribution < 1.29 is 9.18 Å². The Bertz CT molecular complexity index is 687. The van der Waals surface area contributed by atoms with Gasteiger partial charge in [-0.25, -0.2) is 4.39 Å². The Morgan fingerprint density at radius 2 is 1.83 bits per heavy atom. The molecule has 1 aliphatic heterocycles. The molecule has 2 aromatic carbocycles. The first kappa shape index (κ1) is 15.7. The third-order valence-corrected chi connectivity index (χ3v) is 4.30. The molecule has 120 valence electrons. The number of carbonyl (C=O) groups excluding carboxylic acids is 1. The number of rotatable bonds is 5. The Morgan fingerprint density at radius 1 is 1.09 bits per heavy atom. The van der Waals surface area contributed by atoms with Crippen LogP contribution < -0.4 is 5.32 Å². The Kier molecular flexibility index (Phi) is 5.03. The third kappa shape index (κ3) is 4.17. The van der Waals surface area contributed by atoms with Crippen LogP contribution in [0.5, 0.6) is 0 Å². The average molecular weight is 312 g/mol. The van der Waals surface area contributed by atoms with Crippen molar-refractivity contribution in [1.29, 1.82) is 0 Å². The maximum Gasteiger partial charge on any atom is 0.221 e. The summed E-state index contributed by atoms with van der Waals surface area (Å²) in [6, 6.07) is 15.0. The third-order valence-electron chi connectivity index (χ3n) is 4.30. The van der Waals surface area contributed by atoms with Crippen LogP contribution in [0, 0.1) is 5.82 Å². The Morgan fingerprint density at radius 3 is 2.65 bits per heavy atom. The van der Waals surface area contributed by atoms with Gasteiger partial charge in [0.05, 0.1) is 0 Å². The molecule has 0 aromatic heterocycles. The predicted octanol–water partition coefficient (Wildman–Crippen LogP) is 2.89. The van der Waals surface area contributed by atoms with Crippen LogP contribution in [0.25, 0.3) is 0 Å². The molecule has 0 spiro atoms. The van der Waals surface area contributed by atoms with Crippen LogP contribution in [0.4, 0.5) is 4.39 Å². The Hall–Kier alpha value is -2.20. The molecular weight excluding hydrogens is 291 g/mol. The quantitative estimate of drug-likeness (QED) is 0.921. The van der Waals surface area contributed by atoms with Crippen LogP contribution in [0.1, 0.15) is 23.1 Å². The van der Waals surface area contributed by atoms with Crippen molar-refractivity contribution in [2.45, 2.75) is 25.9 Å². The molecule has 0 radical (unpaired) electrons. The standard InChI is InChI=1S/C19H21FN2O/c20-18-8-4-3-6-16(18)13-21-19(23)10-12-22-11-9-15-5-1-2-7-17(15)14-22/h1-8H,9-14H2,(H,21,23). The van der Waals surface area contributed by atoms with E-state index in [4.69, 9.17) is 0 Å². The van der Waals surface area contributed by atoms with E-state index < -0.39 is 0 Å². The van der Waals surface area contributed by atoms with Gasteiger partial charge in [0.15, 0.2) is 0 Å². The van der Waals surface area contributed by atoms with Gasteiger partial charge in [-0.2, -0.15) is 0 Å². The SMILES string of the molecule is O=C(CCN1CCc2ccccc2C1)NCc1ccccc1F. The van der Waals surface area contributed by atoms with Crippen molar-refractivity contribution in [2.75, 3.05) is 13.1 Å². The largest absolute Gasteiger partial charge is 0.352 e. The van der Waals surface area contributed by atoms with Gasteiger partial charge in [0.1, 0.15) is 5.82 Å². The molecule has 0 fully saturated rings. The minimum Gasteiger partial charge on any atom is -0.352 e. The molecule has 3 nitrogen and oxygen atoms in total. The summed E-state index contributed by atoms with van der Waals surface area (Å²) in [5.41, 5.74) is 3.28. The topological polar surface area (TPSA) is 32.3 Å². The summed E-state index contributed by atoms with van der Waals surface area (Å²) in [6.45, 7) is 2.86. The van der Waals surface area contributed by atoms with E-state index in [0.29, 0.717) is 12.0 Å². The monoisotopic (exact) mass is 312 g/mol. The molecule has 4 heteroatoms. The number of hydrogen-bond acceptors (Lipinski definition) is 2. The smallest absolute Gasteiger partial charge is 0.221 e.